The molecule has 0 radical (unpaired) electrons. The summed E-state index contributed by atoms with van der Waals surface area (Å²) in [6.07, 6.45) is 0. The van der Waals surface area contributed by atoms with Gasteiger partial charge in [0.15, 0.2) is 0 Å². The molecule has 0 spiro atoms. The van der Waals surface area contributed by atoms with Gasteiger partial charge in [-0.15, -0.1) is 0 Å². The first-order valence-corrected chi connectivity index (χ1v) is 11.1. The average molecular weight is 432 g/mol. The van der Waals surface area contributed by atoms with E-state index in [4.69, 9.17) is 0 Å². The zero-order valence-electron chi connectivity index (χ0n) is 19.6. The molecule has 2 N–H and O–H groups in total. The molecule has 0 unspecified atom stereocenters. The van der Waals surface area contributed by atoms with Gasteiger partial charge in [0.2, 0.25) is 11.8 Å². The van der Waals surface area contributed by atoms with Crippen LogP contribution in [-0.2, 0) is 9.59 Å². The normalized spacial score (nSPS) is 14.2. The van der Waals surface area contributed by atoms with Gasteiger partial charge in [0.25, 0.3) is 0 Å². The van der Waals surface area contributed by atoms with E-state index in [1.165, 1.54) is 0 Å². The number of urea groups is 1. The molecular formula is C23H37N5O3. The summed E-state index contributed by atoms with van der Waals surface area (Å²) in [6, 6.07) is 7.76. The Balaban J connectivity index is 1.89. The van der Waals surface area contributed by atoms with Crippen molar-refractivity contribution < 1.29 is 14.4 Å². The van der Waals surface area contributed by atoms with Crippen molar-refractivity contribution in [3.05, 3.63) is 24.3 Å². The van der Waals surface area contributed by atoms with Crippen LogP contribution in [0.1, 0.15) is 41.5 Å². The Morgan fingerprint density at radius 2 is 1.52 bits per heavy atom. The molecule has 1 aromatic rings. The monoisotopic (exact) mass is 431 g/mol. The van der Waals surface area contributed by atoms with Crippen molar-refractivity contribution in [3.63, 3.8) is 0 Å². The maximum absolute atomic E-state index is 12.5. The van der Waals surface area contributed by atoms with Crippen LogP contribution in [0.5, 0.6) is 0 Å². The second-order valence-electron chi connectivity index (χ2n) is 8.89. The Morgan fingerprint density at radius 1 is 0.935 bits per heavy atom. The molecule has 2 rings (SSSR count). The molecule has 1 fully saturated rings. The van der Waals surface area contributed by atoms with Crippen molar-refractivity contribution in [2.24, 2.45) is 5.92 Å². The Kier molecular flexibility index (Phi) is 8.71. The number of carbonyl (C=O) groups excluding carboxylic acids is 3. The maximum Gasteiger partial charge on any atom is 0.317 e. The molecule has 1 aliphatic heterocycles. The van der Waals surface area contributed by atoms with Crippen LogP contribution in [0.25, 0.3) is 0 Å². The van der Waals surface area contributed by atoms with E-state index in [2.05, 4.69) is 15.5 Å². The zero-order chi connectivity index (χ0) is 23.1. The van der Waals surface area contributed by atoms with Crippen molar-refractivity contribution in [2.75, 3.05) is 42.9 Å². The fraction of sp³-hybridized carbons (Fsp3) is 0.609. The zero-order valence-corrected chi connectivity index (χ0v) is 19.6. The molecule has 31 heavy (non-hydrogen) atoms. The number of benzene rings is 1. The minimum absolute atomic E-state index is 0.0147. The SMILES string of the molecule is CC(C)NC(=O)N1CCN(c2ccc(NC(=O)CN(C(=O)C(C)C)C(C)C)cc2)CC1. The van der Waals surface area contributed by atoms with Gasteiger partial charge in [0.1, 0.15) is 6.54 Å². The second-order valence-corrected chi connectivity index (χ2v) is 8.89. The van der Waals surface area contributed by atoms with Gasteiger partial charge in [0, 0.05) is 55.6 Å². The number of carbonyl (C=O) groups is 3. The second kappa shape index (κ2) is 11.0. The van der Waals surface area contributed by atoms with E-state index in [9.17, 15) is 14.4 Å². The predicted octanol–water partition coefficient (Wildman–Crippen LogP) is 2.76. The molecule has 0 saturated carbocycles. The number of hydrogen-bond acceptors (Lipinski definition) is 4. The number of hydrogen-bond donors (Lipinski definition) is 2. The summed E-state index contributed by atoms with van der Waals surface area (Å²) in [7, 11) is 0. The van der Waals surface area contributed by atoms with E-state index in [-0.39, 0.29) is 42.4 Å². The largest absolute Gasteiger partial charge is 0.368 e. The molecule has 0 atom stereocenters. The number of amides is 4. The lowest BCUT2D eigenvalue weighted by atomic mass is 10.1. The molecular weight excluding hydrogens is 394 g/mol. The van der Waals surface area contributed by atoms with E-state index in [0.717, 1.165) is 18.8 Å². The van der Waals surface area contributed by atoms with Gasteiger partial charge in [-0.25, -0.2) is 4.79 Å². The average Bonchev–Trinajstić information content (AvgIpc) is 2.71. The van der Waals surface area contributed by atoms with Crippen LogP contribution in [-0.4, -0.2) is 72.5 Å². The molecule has 1 aliphatic rings. The standard InChI is InChI=1S/C23H37N5O3/c1-16(2)22(30)28(18(5)6)15-21(29)25-19-7-9-20(10-8-19)26-11-13-27(14-12-26)23(31)24-17(3)4/h7-10,16-18H,11-15H2,1-6H3,(H,24,31)(H,25,29). The quantitative estimate of drug-likeness (QED) is 0.695. The smallest absolute Gasteiger partial charge is 0.317 e. The molecule has 8 nitrogen and oxygen atoms in total. The summed E-state index contributed by atoms with van der Waals surface area (Å²) in [4.78, 5) is 42.6. The highest BCUT2D eigenvalue weighted by atomic mass is 16.2. The van der Waals surface area contributed by atoms with Crippen LogP contribution in [0.3, 0.4) is 0 Å². The molecule has 172 valence electrons. The summed E-state index contributed by atoms with van der Waals surface area (Å²) in [5, 5.41) is 5.81. The fourth-order valence-electron chi connectivity index (χ4n) is 3.46. The lowest BCUT2D eigenvalue weighted by Gasteiger charge is -2.36. The summed E-state index contributed by atoms with van der Waals surface area (Å²) in [5.74, 6) is -0.381. The minimum atomic E-state index is -0.208. The van der Waals surface area contributed by atoms with E-state index in [0.29, 0.717) is 18.8 Å². The number of rotatable bonds is 7. The van der Waals surface area contributed by atoms with Gasteiger partial charge in [0.05, 0.1) is 0 Å². The molecule has 4 amide bonds. The minimum Gasteiger partial charge on any atom is -0.368 e. The van der Waals surface area contributed by atoms with Crippen molar-refractivity contribution in [3.8, 4) is 0 Å². The Morgan fingerprint density at radius 3 is 2.00 bits per heavy atom. The van der Waals surface area contributed by atoms with Gasteiger partial charge in [-0.3, -0.25) is 9.59 Å². The molecule has 1 saturated heterocycles. The van der Waals surface area contributed by atoms with Crippen molar-refractivity contribution in [1.82, 2.24) is 15.1 Å². The summed E-state index contributed by atoms with van der Waals surface area (Å²) >= 11 is 0. The van der Waals surface area contributed by atoms with E-state index in [1.54, 1.807) is 4.90 Å². The number of nitrogens with one attached hydrogen (secondary N) is 2. The molecule has 0 bridgehead atoms. The summed E-state index contributed by atoms with van der Waals surface area (Å²) < 4.78 is 0. The first-order valence-electron chi connectivity index (χ1n) is 11.1. The van der Waals surface area contributed by atoms with E-state index in [1.807, 2.05) is 70.7 Å². The van der Waals surface area contributed by atoms with Crippen molar-refractivity contribution in [1.29, 1.82) is 0 Å². The van der Waals surface area contributed by atoms with Gasteiger partial charge in [-0.05, 0) is 52.0 Å². The van der Waals surface area contributed by atoms with Crippen LogP contribution in [0.2, 0.25) is 0 Å². The highest BCUT2D eigenvalue weighted by Crippen LogP contribution is 2.20. The summed E-state index contributed by atoms with van der Waals surface area (Å²) in [5.41, 5.74) is 1.75. The van der Waals surface area contributed by atoms with E-state index < -0.39 is 0 Å². The third kappa shape index (κ3) is 7.15. The van der Waals surface area contributed by atoms with E-state index >= 15 is 0 Å². The molecule has 0 aliphatic carbocycles. The fourth-order valence-corrected chi connectivity index (χ4v) is 3.46. The highest BCUT2D eigenvalue weighted by molar-refractivity contribution is 5.95. The molecule has 0 aromatic heterocycles. The van der Waals surface area contributed by atoms with Crippen LogP contribution >= 0.6 is 0 Å². The third-order valence-electron chi connectivity index (χ3n) is 5.21. The third-order valence-corrected chi connectivity index (χ3v) is 5.21. The predicted molar refractivity (Wildman–Crippen MR) is 124 cm³/mol. The van der Waals surface area contributed by atoms with Crippen LogP contribution in [0.4, 0.5) is 16.2 Å². The number of anilines is 2. The first kappa shape index (κ1) is 24.5. The Bertz CT molecular complexity index is 753. The van der Waals surface area contributed by atoms with Crippen LogP contribution in [0, 0.1) is 5.92 Å². The number of nitrogens with zero attached hydrogens (tertiary/aromatic N) is 3. The van der Waals surface area contributed by atoms with Gasteiger partial charge < -0.3 is 25.3 Å². The van der Waals surface area contributed by atoms with Crippen molar-refractivity contribution >= 4 is 29.2 Å². The summed E-state index contributed by atoms with van der Waals surface area (Å²) in [6.45, 7) is 14.3. The lowest BCUT2D eigenvalue weighted by molar-refractivity contribution is -0.139. The molecule has 1 aromatic carbocycles. The maximum atomic E-state index is 12.5. The van der Waals surface area contributed by atoms with Gasteiger partial charge in [-0.1, -0.05) is 13.8 Å². The number of piperazine rings is 1. The van der Waals surface area contributed by atoms with Gasteiger partial charge in [-0.2, -0.15) is 0 Å². The first-order chi connectivity index (χ1) is 14.6. The van der Waals surface area contributed by atoms with Crippen LogP contribution in [0.15, 0.2) is 24.3 Å². The Labute approximate surface area is 185 Å². The Hall–Kier alpha value is -2.77. The van der Waals surface area contributed by atoms with Gasteiger partial charge >= 0.3 is 6.03 Å². The topological polar surface area (TPSA) is 85.0 Å². The van der Waals surface area contributed by atoms with Crippen LogP contribution < -0.4 is 15.5 Å². The lowest BCUT2D eigenvalue weighted by Crippen LogP contribution is -2.52. The van der Waals surface area contributed by atoms with Crippen molar-refractivity contribution in [2.45, 2.75) is 53.6 Å². The highest BCUT2D eigenvalue weighted by Gasteiger charge is 2.23. The molecule has 8 heteroatoms. The molecule has 1 heterocycles.